The van der Waals surface area contributed by atoms with Crippen LogP contribution in [0.1, 0.15) is 16.8 Å². The van der Waals surface area contributed by atoms with Gasteiger partial charge >= 0.3 is 0 Å². The Kier molecular flexibility index (Phi) is 3.96. The molecule has 3 nitrogen and oxygen atoms in total. The zero-order valence-electron chi connectivity index (χ0n) is 9.94. The van der Waals surface area contributed by atoms with Gasteiger partial charge in [-0.15, -0.1) is 0 Å². The number of nitriles is 1. The average molecular weight is 302 g/mol. The number of hydrogen-bond acceptors (Lipinski definition) is 3. The van der Waals surface area contributed by atoms with Gasteiger partial charge in [-0.2, -0.15) is 5.26 Å². The smallest absolute Gasteiger partial charge is 0.145 e. The molecule has 0 aliphatic carbocycles. The third-order valence-electron chi connectivity index (χ3n) is 2.59. The van der Waals surface area contributed by atoms with Crippen molar-refractivity contribution >= 4 is 21.6 Å². The summed E-state index contributed by atoms with van der Waals surface area (Å²) in [7, 11) is 0. The Morgan fingerprint density at radius 3 is 3.00 bits per heavy atom. The van der Waals surface area contributed by atoms with Gasteiger partial charge in [0, 0.05) is 28.5 Å². The zero-order chi connectivity index (χ0) is 13.0. The second kappa shape index (κ2) is 5.65. The van der Waals surface area contributed by atoms with Crippen molar-refractivity contribution in [1.29, 1.82) is 5.26 Å². The lowest BCUT2D eigenvalue weighted by Gasteiger charge is -2.10. The summed E-state index contributed by atoms with van der Waals surface area (Å²) in [5.41, 5.74) is 3.57. The van der Waals surface area contributed by atoms with E-state index in [0.717, 1.165) is 15.7 Å². The first kappa shape index (κ1) is 12.6. The normalized spacial score (nSPS) is 9.83. The van der Waals surface area contributed by atoms with E-state index in [1.54, 1.807) is 6.20 Å². The second-order valence-electron chi connectivity index (χ2n) is 3.96. The lowest BCUT2D eigenvalue weighted by atomic mass is 10.2. The van der Waals surface area contributed by atoms with Crippen molar-refractivity contribution in [3.05, 3.63) is 57.8 Å². The van der Waals surface area contributed by atoms with Gasteiger partial charge in [-0.25, -0.2) is 4.98 Å². The highest BCUT2D eigenvalue weighted by Crippen LogP contribution is 2.24. The second-order valence-corrected chi connectivity index (χ2v) is 4.81. The molecule has 1 N–H and O–H groups in total. The molecular weight excluding hydrogens is 290 g/mol. The molecule has 18 heavy (non-hydrogen) atoms. The van der Waals surface area contributed by atoms with Crippen molar-refractivity contribution in [2.75, 3.05) is 5.32 Å². The van der Waals surface area contributed by atoms with Crippen LogP contribution in [0.25, 0.3) is 0 Å². The molecule has 4 heteroatoms. The molecule has 0 spiro atoms. The highest BCUT2D eigenvalue weighted by atomic mass is 79.9. The lowest BCUT2D eigenvalue weighted by Crippen LogP contribution is -2.03. The molecular formula is C14H12BrN3. The van der Waals surface area contributed by atoms with E-state index in [9.17, 15) is 0 Å². The summed E-state index contributed by atoms with van der Waals surface area (Å²) < 4.78 is 1.01. The Balaban J connectivity index is 2.17. The Hall–Kier alpha value is -1.86. The molecule has 0 fully saturated rings. The Morgan fingerprint density at radius 2 is 2.22 bits per heavy atom. The monoisotopic (exact) mass is 301 g/mol. The predicted octanol–water partition coefficient (Wildman–Crippen LogP) is 3.64. The van der Waals surface area contributed by atoms with Gasteiger partial charge in [0.05, 0.1) is 0 Å². The molecule has 0 saturated heterocycles. The van der Waals surface area contributed by atoms with Gasteiger partial charge in [0.2, 0.25) is 0 Å². The van der Waals surface area contributed by atoms with Gasteiger partial charge in [0.15, 0.2) is 0 Å². The minimum absolute atomic E-state index is 0.466. The predicted molar refractivity (Wildman–Crippen MR) is 75.2 cm³/mol. The Morgan fingerprint density at radius 1 is 1.39 bits per heavy atom. The van der Waals surface area contributed by atoms with Crippen LogP contribution in [0.2, 0.25) is 0 Å². The van der Waals surface area contributed by atoms with E-state index in [-0.39, 0.29) is 0 Å². The number of aryl methyl sites for hydroxylation is 1. The maximum atomic E-state index is 8.96. The van der Waals surface area contributed by atoms with E-state index in [0.29, 0.717) is 12.2 Å². The van der Waals surface area contributed by atoms with Crippen LogP contribution in [-0.2, 0) is 6.54 Å². The zero-order valence-corrected chi connectivity index (χ0v) is 11.5. The fourth-order valence-corrected chi connectivity index (χ4v) is 2.03. The van der Waals surface area contributed by atoms with E-state index in [1.165, 1.54) is 5.56 Å². The maximum Gasteiger partial charge on any atom is 0.145 e. The molecule has 1 aromatic carbocycles. The molecule has 0 radical (unpaired) electrons. The largest absolute Gasteiger partial charge is 0.380 e. The third-order valence-corrected chi connectivity index (χ3v) is 3.28. The summed E-state index contributed by atoms with van der Waals surface area (Å²) in [5, 5.41) is 12.3. The first-order valence-electron chi connectivity index (χ1n) is 5.54. The van der Waals surface area contributed by atoms with Crippen molar-refractivity contribution in [3.63, 3.8) is 0 Å². The van der Waals surface area contributed by atoms with Crippen molar-refractivity contribution < 1.29 is 0 Å². The van der Waals surface area contributed by atoms with Crippen LogP contribution in [0, 0.1) is 18.3 Å². The van der Waals surface area contributed by atoms with Gasteiger partial charge in [0.25, 0.3) is 0 Å². The number of rotatable bonds is 3. The SMILES string of the molecule is Cc1ccc(Br)c(NCc2cccnc2C#N)c1. The Labute approximate surface area is 115 Å². The van der Waals surface area contributed by atoms with Crippen LogP contribution < -0.4 is 5.32 Å². The number of nitrogens with one attached hydrogen (secondary N) is 1. The summed E-state index contributed by atoms with van der Waals surface area (Å²) >= 11 is 3.50. The summed E-state index contributed by atoms with van der Waals surface area (Å²) in [6.07, 6.45) is 1.63. The fraction of sp³-hybridized carbons (Fsp3) is 0.143. The van der Waals surface area contributed by atoms with E-state index >= 15 is 0 Å². The summed E-state index contributed by atoms with van der Waals surface area (Å²) in [6.45, 7) is 2.63. The van der Waals surface area contributed by atoms with Gasteiger partial charge in [0.1, 0.15) is 11.8 Å². The van der Waals surface area contributed by atoms with Gasteiger partial charge < -0.3 is 5.32 Å². The van der Waals surface area contributed by atoms with Gasteiger partial charge in [-0.05, 0) is 46.6 Å². The summed E-state index contributed by atoms with van der Waals surface area (Å²) in [5.74, 6) is 0. The molecule has 1 heterocycles. The number of hydrogen-bond donors (Lipinski definition) is 1. The van der Waals surface area contributed by atoms with E-state index < -0.39 is 0 Å². The van der Waals surface area contributed by atoms with Crippen LogP contribution in [-0.4, -0.2) is 4.98 Å². The molecule has 0 amide bonds. The van der Waals surface area contributed by atoms with Crippen LogP contribution >= 0.6 is 15.9 Å². The third kappa shape index (κ3) is 2.88. The van der Waals surface area contributed by atoms with Crippen LogP contribution in [0.3, 0.4) is 0 Å². The molecule has 0 saturated carbocycles. The molecule has 0 aliphatic heterocycles. The summed E-state index contributed by atoms with van der Waals surface area (Å²) in [4.78, 5) is 4.04. The number of halogens is 1. The molecule has 0 unspecified atom stereocenters. The molecule has 0 bridgehead atoms. The van der Waals surface area contributed by atoms with Crippen LogP contribution in [0.15, 0.2) is 41.0 Å². The molecule has 0 atom stereocenters. The number of pyridine rings is 1. The topological polar surface area (TPSA) is 48.7 Å². The van der Waals surface area contributed by atoms with Crippen LogP contribution in [0.5, 0.6) is 0 Å². The summed E-state index contributed by atoms with van der Waals surface area (Å²) in [6, 6.07) is 11.9. The van der Waals surface area contributed by atoms with Crippen molar-refractivity contribution in [2.24, 2.45) is 0 Å². The number of nitrogens with zero attached hydrogens (tertiary/aromatic N) is 2. The van der Waals surface area contributed by atoms with Crippen molar-refractivity contribution in [1.82, 2.24) is 4.98 Å². The van der Waals surface area contributed by atoms with Crippen molar-refractivity contribution in [3.8, 4) is 6.07 Å². The minimum Gasteiger partial charge on any atom is -0.380 e. The van der Waals surface area contributed by atoms with Crippen molar-refractivity contribution in [2.45, 2.75) is 13.5 Å². The molecule has 2 aromatic rings. The standard InChI is InChI=1S/C14H12BrN3/c1-10-4-5-12(15)13(7-10)18-9-11-3-2-6-17-14(11)8-16/h2-7,18H,9H2,1H3. The highest BCUT2D eigenvalue weighted by molar-refractivity contribution is 9.10. The van der Waals surface area contributed by atoms with Gasteiger partial charge in [-0.1, -0.05) is 12.1 Å². The highest BCUT2D eigenvalue weighted by Gasteiger charge is 2.04. The fourth-order valence-electron chi connectivity index (χ4n) is 1.65. The van der Waals surface area contributed by atoms with E-state index in [1.807, 2.05) is 31.2 Å². The van der Waals surface area contributed by atoms with Crippen LogP contribution in [0.4, 0.5) is 5.69 Å². The minimum atomic E-state index is 0.466. The average Bonchev–Trinajstić information content (AvgIpc) is 2.40. The molecule has 2 rings (SSSR count). The number of aromatic nitrogens is 1. The first-order valence-corrected chi connectivity index (χ1v) is 6.34. The lowest BCUT2D eigenvalue weighted by molar-refractivity contribution is 1.09. The van der Waals surface area contributed by atoms with E-state index in [2.05, 4.69) is 38.4 Å². The quantitative estimate of drug-likeness (QED) is 0.941. The first-order chi connectivity index (χ1) is 8.70. The van der Waals surface area contributed by atoms with Gasteiger partial charge in [-0.3, -0.25) is 0 Å². The molecule has 90 valence electrons. The maximum absolute atomic E-state index is 8.96. The van der Waals surface area contributed by atoms with E-state index in [4.69, 9.17) is 5.26 Å². The molecule has 0 aliphatic rings. The number of benzene rings is 1. The molecule has 1 aromatic heterocycles. The Bertz CT molecular complexity index is 602. The number of anilines is 1.